The van der Waals surface area contributed by atoms with E-state index in [0.717, 1.165) is 18.4 Å². The minimum Gasteiger partial charge on any atom is -0.481 e. The van der Waals surface area contributed by atoms with Gasteiger partial charge in [0.05, 0.1) is 5.92 Å². The molecule has 0 aromatic heterocycles. The summed E-state index contributed by atoms with van der Waals surface area (Å²) in [4.78, 5) is 11.5. The predicted octanol–water partition coefficient (Wildman–Crippen LogP) is 3.02. The molecule has 0 fully saturated rings. The van der Waals surface area contributed by atoms with Crippen LogP contribution in [0.2, 0.25) is 0 Å². The van der Waals surface area contributed by atoms with E-state index in [0.29, 0.717) is 11.5 Å². The third kappa shape index (κ3) is 2.28. The van der Waals surface area contributed by atoms with E-state index in [1.54, 1.807) is 12.1 Å². The first-order valence-corrected chi connectivity index (χ1v) is 6.29. The van der Waals surface area contributed by atoms with Crippen LogP contribution in [0.3, 0.4) is 0 Å². The zero-order chi connectivity index (χ0) is 13.1. The second-order valence-electron chi connectivity index (χ2n) is 4.51. The quantitative estimate of drug-likeness (QED) is 0.872. The Labute approximate surface area is 107 Å². The van der Waals surface area contributed by atoms with Crippen molar-refractivity contribution in [2.45, 2.75) is 32.6 Å². The lowest BCUT2D eigenvalue weighted by Gasteiger charge is -2.21. The lowest BCUT2D eigenvalue weighted by molar-refractivity contribution is -0.140. The van der Waals surface area contributed by atoms with Crippen molar-refractivity contribution in [3.8, 4) is 11.5 Å². The summed E-state index contributed by atoms with van der Waals surface area (Å²) in [7, 11) is 0. The van der Waals surface area contributed by atoms with Crippen molar-refractivity contribution < 1.29 is 19.4 Å². The van der Waals surface area contributed by atoms with E-state index in [1.165, 1.54) is 0 Å². The molecule has 0 amide bonds. The van der Waals surface area contributed by atoms with Gasteiger partial charge in [-0.25, -0.2) is 0 Å². The Kier molecular flexibility index (Phi) is 3.75. The molecule has 1 unspecified atom stereocenters. The van der Waals surface area contributed by atoms with Gasteiger partial charge in [0.15, 0.2) is 11.5 Å². The Bertz CT molecular complexity index is 437. The zero-order valence-corrected chi connectivity index (χ0v) is 10.7. The van der Waals surface area contributed by atoms with Crippen molar-refractivity contribution in [3.05, 3.63) is 23.8 Å². The minimum absolute atomic E-state index is 0.142. The van der Waals surface area contributed by atoms with Crippen LogP contribution < -0.4 is 9.47 Å². The Hall–Kier alpha value is -1.71. The number of carboxylic acids is 1. The van der Waals surface area contributed by atoms with E-state index in [4.69, 9.17) is 9.47 Å². The van der Waals surface area contributed by atoms with Crippen LogP contribution in [0, 0.1) is 5.92 Å². The highest BCUT2D eigenvalue weighted by atomic mass is 16.7. The van der Waals surface area contributed by atoms with Gasteiger partial charge in [0.25, 0.3) is 0 Å². The van der Waals surface area contributed by atoms with Gasteiger partial charge in [-0.2, -0.15) is 0 Å². The maximum Gasteiger partial charge on any atom is 0.311 e. The number of hydrogen-bond donors (Lipinski definition) is 1. The first-order chi connectivity index (χ1) is 8.67. The molecule has 0 saturated heterocycles. The van der Waals surface area contributed by atoms with Crippen molar-refractivity contribution in [2.24, 2.45) is 5.92 Å². The van der Waals surface area contributed by atoms with Gasteiger partial charge in [0.1, 0.15) is 0 Å². The largest absolute Gasteiger partial charge is 0.481 e. The number of carboxylic acid groups (broad SMARTS) is 1. The fraction of sp³-hybridized carbons (Fsp3) is 0.500. The van der Waals surface area contributed by atoms with Crippen molar-refractivity contribution in [1.29, 1.82) is 0 Å². The summed E-state index contributed by atoms with van der Waals surface area (Å²) in [5, 5.41) is 9.44. The standard InChI is InChI=1S/C14H18O4/c1-3-9(4-2)13(14(15)16)10-5-6-11-12(7-10)18-8-17-11/h5-7,9,13H,3-4,8H2,1-2H3,(H,15,16). The van der Waals surface area contributed by atoms with Crippen molar-refractivity contribution in [1.82, 2.24) is 0 Å². The molecular weight excluding hydrogens is 232 g/mol. The molecule has 1 heterocycles. The second kappa shape index (κ2) is 5.29. The lowest BCUT2D eigenvalue weighted by atomic mass is 9.82. The third-order valence-electron chi connectivity index (χ3n) is 3.54. The first-order valence-electron chi connectivity index (χ1n) is 6.29. The topological polar surface area (TPSA) is 55.8 Å². The molecule has 0 radical (unpaired) electrons. The van der Waals surface area contributed by atoms with Crippen LogP contribution in [0.15, 0.2) is 18.2 Å². The first kappa shape index (κ1) is 12.7. The van der Waals surface area contributed by atoms with E-state index >= 15 is 0 Å². The monoisotopic (exact) mass is 250 g/mol. The van der Waals surface area contributed by atoms with Gasteiger partial charge in [0.2, 0.25) is 6.79 Å². The molecule has 18 heavy (non-hydrogen) atoms. The Morgan fingerprint density at radius 2 is 1.94 bits per heavy atom. The molecule has 98 valence electrons. The number of hydrogen-bond acceptors (Lipinski definition) is 3. The lowest BCUT2D eigenvalue weighted by Crippen LogP contribution is -2.20. The third-order valence-corrected chi connectivity index (χ3v) is 3.54. The number of carbonyl (C=O) groups is 1. The zero-order valence-electron chi connectivity index (χ0n) is 10.7. The van der Waals surface area contributed by atoms with Crippen molar-refractivity contribution >= 4 is 5.97 Å². The highest BCUT2D eigenvalue weighted by molar-refractivity contribution is 5.77. The van der Waals surface area contributed by atoms with Crippen LogP contribution in [-0.4, -0.2) is 17.9 Å². The summed E-state index contributed by atoms with van der Waals surface area (Å²) < 4.78 is 10.5. The average molecular weight is 250 g/mol. The molecule has 4 nitrogen and oxygen atoms in total. The van der Waals surface area contributed by atoms with Gasteiger partial charge in [0, 0.05) is 0 Å². The summed E-state index contributed by atoms with van der Waals surface area (Å²) >= 11 is 0. The molecule has 0 aliphatic carbocycles. The van der Waals surface area contributed by atoms with Crippen LogP contribution in [0.5, 0.6) is 11.5 Å². The highest BCUT2D eigenvalue weighted by Crippen LogP contribution is 2.38. The molecule has 0 bridgehead atoms. The summed E-state index contributed by atoms with van der Waals surface area (Å²) in [6, 6.07) is 5.40. The van der Waals surface area contributed by atoms with Gasteiger partial charge in [-0.3, -0.25) is 4.79 Å². The molecule has 0 spiro atoms. The normalized spacial score (nSPS) is 14.8. The highest BCUT2D eigenvalue weighted by Gasteiger charge is 2.29. The number of aliphatic carboxylic acids is 1. The van der Waals surface area contributed by atoms with Gasteiger partial charge in [-0.1, -0.05) is 32.8 Å². The van der Waals surface area contributed by atoms with Crippen molar-refractivity contribution in [3.63, 3.8) is 0 Å². The number of benzene rings is 1. The summed E-state index contributed by atoms with van der Waals surface area (Å²) in [5.41, 5.74) is 0.792. The average Bonchev–Trinajstić information content (AvgIpc) is 2.82. The Morgan fingerprint density at radius 3 is 2.56 bits per heavy atom. The fourth-order valence-electron chi connectivity index (χ4n) is 2.48. The maximum absolute atomic E-state index is 11.5. The van der Waals surface area contributed by atoms with E-state index in [9.17, 15) is 9.90 Å². The van der Waals surface area contributed by atoms with E-state index in [1.807, 2.05) is 19.9 Å². The molecule has 1 atom stereocenters. The van der Waals surface area contributed by atoms with Gasteiger partial charge in [-0.05, 0) is 23.6 Å². The molecule has 4 heteroatoms. The van der Waals surface area contributed by atoms with Crippen LogP contribution >= 0.6 is 0 Å². The molecular formula is C14H18O4. The summed E-state index contributed by atoms with van der Waals surface area (Å²) in [5.74, 6) is 0.220. The second-order valence-corrected chi connectivity index (χ2v) is 4.51. The van der Waals surface area contributed by atoms with Crippen LogP contribution in [0.1, 0.15) is 38.2 Å². The molecule has 1 aliphatic rings. The molecule has 1 N–H and O–H groups in total. The van der Waals surface area contributed by atoms with Gasteiger partial charge < -0.3 is 14.6 Å². The molecule has 1 aliphatic heterocycles. The summed E-state index contributed by atoms with van der Waals surface area (Å²) in [6.07, 6.45) is 1.70. The Balaban J connectivity index is 2.34. The van der Waals surface area contributed by atoms with Gasteiger partial charge >= 0.3 is 5.97 Å². The molecule has 0 saturated carbocycles. The van der Waals surface area contributed by atoms with E-state index in [-0.39, 0.29) is 12.7 Å². The summed E-state index contributed by atoms with van der Waals surface area (Å²) in [6.45, 7) is 4.26. The molecule has 1 aromatic carbocycles. The molecule has 2 rings (SSSR count). The van der Waals surface area contributed by atoms with Crippen LogP contribution in [0.4, 0.5) is 0 Å². The Morgan fingerprint density at radius 1 is 1.28 bits per heavy atom. The van der Waals surface area contributed by atoms with Crippen LogP contribution in [-0.2, 0) is 4.79 Å². The smallest absolute Gasteiger partial charge is 0.311 e. The molecule has 1 aromatic rings. The fourth-order valence-corrected chi connectivity index (χ4v) is 2.48. The maximum atomic E-state index is 11.5. The number of ether oxygens (including phenoxy) is 2. The predicted molar refractivity (Wildman–Crippen MR) is 67.0 cm³/mol. The minimum atomic E-state index is -0.775. The SMILES string of the molecule is CCC(CC)C(C(=O)O)c1ccc2c(c1)OCO2. The van der Waals surface area contributed by atoms with E-state index < -0.39 is 11.9 Å². The van der Waals surface area contributed by atoms with Crippen molar-refractivity contribution in [2.75, 3.05) is 6.79 Å². The van der Waals surface area contributed by atoms with E-state index in [2.05, 4.69) is 0 Å². The van der Waals surface area contributed by atoms with Gasteiger partial charge in [-0.15, -0.1) is 0 Å². The van der Waals surface area contributed by atoms with Crippen LogP contribution in [0.25, 0.3) is 0 Å². The number of fused-ring (bicyclic) bond motifs is 1. The number of rotatable bonds is 5.